The Balaban J connectivity index is 1.06. The van der Waals surface area contributed by atoms with Gasteiger partial charge in [0, 0.05) is 10.8 Å². The molecule has 0 radical (unpaired) electrons. The number of hydrogen-bond acceptors (Lipinski definition) is 19. The van der Waals surface area contributed by atoms with Crippen molar-refractivity contribution in [3.8, 4) is 0 Å². The van der Waals surface area contributed by atoms with E-state index in [4.69, 9.17) is 28.4 Å². The van der Waals surface area contributed by atoms with Crippen molar-refractivity contribution >= 4 is 0 Å². The van der Waals surface area contributed by atoms with Crippen LogP contribution in [-0.4, -0.2) is 202 Å². The molecule has 0 aromatic heterocycles. The zero-order valence-electron chi connectivity index (χ0n) is 40.3. The van der Waals surface area contributed by atoms with Crippen LogP contribution in [0.1, 0.15) is 107 Å². The highest BCUT2D eigenvalue weighted by molar-refractivity contribution is 5.32. The van der Waals surface area contributed by atoms with Crippen LogP contribution in [0.3, 0.4) is 0 Å². The van der Waals surface area contributed by atoms with Gasteiger partial charge < -0.3 is 94.8 Å². The first-order chi connectivity index (χ1) is 31.2. The maximum atomic E-state index is 12.6. The number of allylic oxidation sites excluding steroid dienone is 1. The van der Waals surface area contributed by atoms with Crippen molar-refractivity contribution in [2.75, 3.05) is 19.8 Å². The number of aliphatic hydroxyl groups excluding tert-OH is 12. The summed E-state index contributed by atoms with van der Waals surface area (Å²) < 4.78 is 35.9. The van der Waals surface area contributed by atoms with E-state index in [1.165, 1.54) is 5.57 Å². The fraction of sp³-hybridized carbons (Fsp3) is 0.958. The molecule has 3 aliphatic heterocycles. The summed E-state index contributed by atoms with van der Waals surface area (Å²) in [6.45, 7) is 14.5. The summed E-state index contributed by atoms with van der Waals surface area (Å²) in [4.78, 5) is 0. The molecule has 4 aliphatic carbocycles. The standard InChI is InChI=1S/C48H82O19/c1-21(9-13-31(45(4,5)61)66-43-40(37(58)34(55)27(20-51)64-43)67-42-39(60)36(57)33(54)26(19-50)63-42)22-15-16-46(6)28-12-10-23-24(48(28,8)29(52)17-47(22,46)7)11-14-30(44(23,2)3)65-41-38(59)35(56)32(53)25(18-49)62-41/h10,21-22,24-43,49-61H,9,11-20H2,1-8H3/t21-,22-,24-,25?,26?,27?,28?,29-,30+,31-,32-,33-,34-,35+,36+,37+,38?,39?,40?,41+,42+,43+,46+,47-,48+/m1/s1. The molecule has 7 rings (SSSR count). The van der Waals surface area contributed by atoms with Crippen molar-refractivity contribution in [1.29, 1.82) is 0 Å². The van der Waals surface area contributed by atoms with Gasteiger partial charge in [-0.15, -0.1) is 0 Å². The molecular formula is C48H82O19. The van der Waals surface area contributed by atoms with Crippen molar-refractivity contribution in [2.45, 2.75) is 223 Å². The second-order valence-electron chi connectivity index (χ2n) is 23.0. The first kappa shape index (κ1) is 53.8. The van der Waals surface area contributed by atoms with Gasteiger partial charge in [0.2, 0.25) is 0 Å². The van der Waals surface area contributed by atoms with E-state index >= 15 is 0 Å². The molecule has 0 spiro atoms. The van der Waals surface area contributed by atoms with E-state index in [-0.39, 0.29) is 34.5 Å². The Morgan fingerprint density at radius 1 is 0.657 bits per heavy atom. The minimum absolute atomic E-state index is 0.0500. The van der Waals surface area contributed by atoms with Crippen LogP contribution >= 0.6 is 0 Å². The summed E-state index contributed by atoms with van der Waals surface area (Å²) in [6, 6.07) is 0. The quantitative estimate of drug-likeness (QED) is 0.0924. The topological polar surface area (TPSA) is 318 Å². The van der Waals surface area contributed by atoms with Crippen LogP contribution in [0.15, 0.2) is 11.6 Å². The predicted octanol–water partition coefficient (Wildman–Crippen LogP) is -1.06. The monoisotopic (exact) mass is 963 g/mol. The van der Waals surface area contributed by atoms with E-state index in [2.05, 4.69) is 47.6 Å². The van der Waals surface area contributed by atoms with Gasteiger partial charge in [-0.1, -0.05) is 53.2 Å². The average molecular weight is 963 g/mol. The highest BCUT2D eigenvalue weighted by Crippen LogP contribution is 2.75. The minimum Gasteiger partial charge on any atom is -0.394 e. The molecule has 0 bridgehead atoms. The zero-order chi connectivity index (χ0) is 49.5. The summed E-state index contributed by atoms with van der Waals surface area (Å²) in [6.07, 6.45) is -17.3. The van der Waals surface area contributed by atoms with Gasteiger partial charge in [0.25, 0.3) is 0 Å². The molecule has 0 aromatic carbocycles. The van der Waals surface area contributed by atoms with E-state index in [9.17, 15) is 66.4 Å². The largest absolute Gasteiger partial charge is 0.394 e. The number of hydrogen-bond donors (Lipinski definition) is 13. The van der Waals surface area contributed by atoms with Crippen LogP contribution in [0, 0.1) is 45.3 Å². The molecule has 3 saturated carbocycles. The summed E-state index contributed by atoms with van der Waals surface area (Å²) >= 11 is 0. The van der Waals surface area contributed by atoms with Gasteiger partial charge in [-0.05, 0) is 99.7 Å². The van der Waals surface area contributed by atoms with Crippen LogP contribution in [-0.2, 0) is 28.4 Å². The molecule has 3 heterocycles. The third-order valence-electron chi connectivity index (χ3n) is 18.7. The van der Waals surface area contributed by atoms with Crippen molar-refractivity contribution in [2.24, 2.45) is 45.3 Å². The third kappa shape index (κ3) is 9.13. The highest BCUT2D eigenvalue weighted by atomic mass is 16.8. The molecule has 3 saturated heterocycles. The molecule has 19 heteroatoms. The number of rotatable bonds is 14. The van der Waals surface area contributed by atoms with Gasteiger partial charge in [0.15, 0.2) is 18.9 Å². The minimum atomic E-state index is -1.83. The van der Waals surface area contributed by atoms with Crippen molar-refractivity contribution in [3.63, 3.8) is 0 Å². The lowest BCUT2D eigenvalue weighted by Gasteiger charge is -2.67. The Morgan fingerprint density at radius 2 is 1.18 bits per heavy atom. The molecule has 0 amide bonds. The lowest BCUT2D eigenvalue weighted by molar-refractivity contribution is -0.375. The molecule has 6 fully saturated rings. The van der Waals surface area contributed by atoms with Gasteiger partial charge in [0.1, 0.15) is 73.2 Å². The Morgan fingerprint density at radius 3 is 1.72 bits per heavy atom. The maximum absolute atomic E-state index is 12.6. The van der Waals surface area contributed by atoms with Crippen molar-refractivity contribution in [3.05, 3.63) is 11.6 Å². The molecular weight excluding hydrogens is 881 g/mol. The molecule has 67 heavy (non-hydrogen) atoms. The first-order valence-electron chi connectivity index (χ1n) is 24.5. The van der Waals surface area contributed by atoms with Gasteiger partial charge in [-0.25, -0.2) is 0 Å². The highest BCUT2D eigenvalue weighted by Gasteiger charge is 2.70. The smallest absolute Gasteiger partial charge is 0.187 e. The van der Waals surface area contributed by atoms with Crippen LogP contribution in [0.5, 0.6) is 0 Å². The second kappa shape index (κ2) is 19.8. The van der Waals surface area contributed by atoms with Gasteiger partial charge in [-0.3, -0.25) is 0 Å². The van der Waals surface area contributed by atoms with Gasteiger partial charge >= 0.3 is 0 Å². The molecule has 7 aliphatic rings. The molecule has 13 N–H and O–H groups in total. The number of aliphatic hydroxyl groups is 13. The average Bonchev–Trinajstić information content (AvgIpc) is 3.54. The van der Waals surface area contributed by atoms with Crippen LogP contribution in [0.4, 0.5) is 0 Å². The molecule has 0 aromatic rings. The maximum Gasteiger partial charge on any atom is 0.187 e. The van der Waals surface area contributed by atoms with Crippen molar-refractivity contribution in [1.82, 2.24) is 0 Å². The lowest BCUT2D eigenvalue weighted by Crippen LogP contribution is -2.65. The normalized spacial score (nSPS) is 51.0. The van der Waals surface area contributed by atoms with Crippen LogP contribution in [0.2, 0.25) is 0 Å². The predicted molar refractivity (Wildman–Crippen MR) is 235 cm³/mol. The SMILES string of the molecule is C[C@H](CC[C@@H](O[C@@H]1OC(CO)[C@@H](O)[C@H](O)C1O[C@@H]1OC(CO)[C@@H](O)[C@H](O)C1O)C(C)(C)O)[C@H]1CC[C@@]2(C)C3CC=C4[C@@H](CC[C@H](O[C@@H]5OC(CO)[C@@H](O)[C@H](O)C5O)C4(C)C)[C@]3(C)[C@H](O)C[C@]12C. The Hall–Kier alpha value is -1.02. The summed E-state index contributed by atoms with van der Waals surface area (Å²) in [5.41, 5.74) is -1.70. The van der Waals surface area contributed by atoms with E-state index in [1.54, 1.807) is 13.8 Å². The molecule has 25 atom stereocenters. The summed E-state index contributed by atoms with van der Waals surface area (Å²) in [5.74, 6) is 0.476. The summed E-state index contributed by atoms with van der Waals surface area (Å²) in [7, 11) is 0. The fourth-order valence-corrected chi connectivity index (χ4v) is 14.2. The summed E-state index contributed by atoms with van der Waals surface area (Å²) in [5, 5.41) is 139. The second-order valence-corrected chi connectivity index (χ2v) is 23.0. The van der Waals surface area contributed by atoms with E-state index in [0.29, 0.717) is 25.7 Å². The van der Waals surface area contributed by atoms with E-state index < -0.39 is 147 Å². The Kier molecular flexibility index (Phi) is 15.9. The van der Waals surface area contributed by atoms with Gasteiger partial charge in [0.05, 0.1) is 43.7 Å². The molecule has 7 unspecified atom stereocenters. The number of ether oxygens (including phenoxy) is 6. The Bertz CT molecular complexity index is 1710. The lowest BCUT2D eigenvalue weighted by atomic mass is 9.38. The van der Waals surface area contributed by atoms with E-state index in [0.717, 1.165) is 25.7 Å². The van der Waals surface area contributed by atoms with Gasteiger partial charge in [-0.2, -0.15) is 0 Å². The Labute approximate surface area is 393 Å². The van der Waals surface area contributed by atoms with Crippen molar-refractivity contribution < 1.29 is 94.8 Å². The fourth-order valence-electron chi connectivity index (χ4n) is 14.2. The number of fused-ring (bicyclic) bond motifs is 5. The first-order valence-corrected chi connectivity index (χ1v) is 24.5. The third-order valence-corrected chi connectivity index (χ3v) is 18.7. The molecule has 388 valence electrons. The zero-order valence-corrected chi connectivity index (χ0v) is 40.3. The molecule has 19 nitrogen and oxygen atoms in total. The van der Waals surface area contributed by atoms with E-state index in [1.807, 2.05) is 0 Å². The van der Waals surface area contributed by atoms with Crippen LogP contribution < -0.4 is 0 Å². The van der Waals surface area contributed by atoms with Crippen LogP contribution in [0.25, 0.3) is 0 Å².